The van der Waals surface area contributed by atoms with E-state index in [2.05, 4.69) is 42.7 Å². The van der Waals surface area contributed by atoms with Crippen LogP contribution in [-0.4, -0.2) is 6.04 Å². The molecular formula is C12H14ClNS2. The van der Waals surface area contributed by atoms with Crippen LogP contribution in [0.5, 0.6) is 0 Å². The van der Waals surface area contributed by atoms with Gasteiger partial charge in [-0.3, -0.25) is 0 Å². The van der Waals surface area contributed by atoms with Crippen LogP contribution < -0.4 is 5.32 Å². The fourth-order valence-corrected chi connectivity index (χ4v) is 3.59. The van der Waals surface area contributed by atoms with Crippen molar-refractivity contribution in [2.24, 2.45) is 0 Å². The summed E-state index contributed by atoms with van der Waals surface area (Å²) in [5.74, 6) is 0. The zero-order valence-corrected chi connectivity index (χ0v) is 11.6. The summed E-state index contributed by atoms with van der Waals surface area (Å²) in [4.78, 5) is 2.62. The highest BCUT2D eigenvalue weighted by Crippen LogP contribution is 2.33. The van der Waals surface area contributed by atoms with E-state index in [4.69, 9.17) is 11.6 Å². The van der Waals surface area contributed by atoms with Crippen molar-refractivity contribution in [3.05, 3.63) is 43.7 Å². The molecule has 1 unspecified atom stereocenters. The lowest BCUT2D eigenvalue weighted by atomic mass is 10.2. The molecule has 0 bridgehead atoms. The summed E-state index contributed by atoms with van der Waals surface area (Å²) in [6, 6.07) is 9.05. The second-order valence-corrected chi connectivity index (χ2v) is 6.64. The highest BCUT2D eigenvalue weighted by molar-refractivity contribution is 7.16. The molecule has 2 heterocycles. The maximum absolute atomic E-state index is 6.00. The molecule has 0 aliphatic carbocycles. The molecule has 0 aliphatic rings. The summed E-state index contributed by atoms with van der Waals surface area (Å²) in [5.41, 5.74) is 0. The molecule has 86 valence electrons. The van der Waals surface area contributed by atoms with E-state index in [1.54, 1.807) is 22.7 Å². The van der Waals surface area contributed by atoms with E-state index >= 15 is 0 Å². The molecule has 4 heteroatoms. The Bertz CT molecular complexity index is 434. The van der Waals surface area contributed by atoms with Gasteiger partial charge in [-0.2, -0.15) is 0 Å². The number of halogens is 1. The number of hydrogen-bond acceptors (Lipinski definition) is 3. The molecule has 1 N–H and O–H groups in total. The van der Waals surface area contributed by atoms with Crippen LogP contribution in [0.15, 0.2) is 29.6 Å². The van der Waals surface area contributed by atoms with Crippen molar-refractivity contribution in [3.8, 4) is 0 Å². The Balaban J connectivity index is 2.28. The highest BCUT2D eigenvalue weighted by atomic mass is 35.5. The summed E-state index contributed by atoms with van der Waals surface area (Å²) in [6.07, 6.45) is 0. The van der Waals surface area contributed by atoms with E-state index in [1.807, 2.05) is 6.07 Å². The second kappa shape index (κ2) is 5.32. The third-order valence-corrected chi connectivity index (χ3v) is 4.44. The van der Waals surface area contributed by atoms with Gasteiger partial charge in [-0.1, -0.05) is 17.7 Å². The molecule has 0 aliphatic heterocycles. The van der Waals surface area contributed by atoms with E-state index in [9.17, 15) is 0 Å². The first-order valence-corrected chi connectivity index (χ1v) is 7.29. The van der Waals surface area contributed by atoms with Gasteiger partial charge in [-0.05, 0) is 37.4 Å². The van der Waals surface area contributed by atoms with Crippen LogP contribution in [0.25, 0.3) is 0 Å². The van der Waals surface area contributed by atoms with Gasteiger partial charge in [0.15, 0.2) is 0 Å². The molecule has 0 saturated carbocycles. The summed E-state index contributed by atoms with van der Waals surface area (Å²) < 4.78 is 0.849. The first-order valence-electron chi connectivity index (χ1n) is 5.21. The predicted molar refractivity (Wildman–Crippen MR) is 73.8 cm³/mol. The molecular weight excluding hydrogens is 258 g/mol. The third-order valence-electron chi connectivity index (χ3n) is 2.21. The van der Waals surface area contributed by atoms with Gasteiger partial charge in [0.2, 0.25) is 0 Å². The Labute approximate surface area is 109 Å². The van der Waals surface area contributed by atoms with Crippen LogP contribution in [0.2, 0.25) is 4.34 Å². The Morgan fingerprint density at radius 2 is 2.00 bits per heavy atom. The van der Waals surface area contributed by atoms with Gasteiger partial charge in [0.25, 0.3) is 0 Å². The molecule has 2 aromatic heterocycles. The van der Waals surface area contributed by atoms with Crippen molar-refractivity contribution in [3.63, 3.8) is 0 Å². The SMILES string of the molecule is CC(C)NC(c1cccs1)c1ccc(Cl)s1. The minimum atomic E-state index is 0.275. The van der Waals surface area contributed by atoms with E-state index in [0.29, 0.717) is 6.04 Å². The normalized spacial score (nSPS) is 13.2. The van der Waals surface area contributed by atoms with Gasteiger partial charge in [-0.15, -0.1) is 22.7 Å². The molecule has 1 nitrogen and oxygen atoms in total. The maximum atomic E-state index is 6.00. The Hall–Kier alpha value is -0.350. The van der Waals surface area contributed by atoms with Crippen LogP contribution in [0.1, 0.15) is 29.6 Å². The van der Waals surface area contributed by atoms with E-state index in [-0.39, 0.29) is 6.04 Å². The smallest absolute Gasteiger partial charge is 0.0931 e. The molecule has 0 saturated heterocycles. The molecule has 0 spiro atoms. The lowest BCUT2D eigenvalue weighted by molar-refractivity contribution is 0.539. The Kier molecular flexibility index (Phi) is 4.03. The number of thiophene rings is 2. The van der Waals surface area contributed by atoms with Crippen molar-refractivity contribution in [2.75, 3.05) is 0 Å². The molecule has 1 atom stereocenters. The zero-order chi connectivity index (χ0) is 11.5. The van der Waals surface area contributed by atoms with Crippen molar-refractivity contribution in [1.82, 2.24) is 5.32 Å². The fourth-order valence-electron chi connectivity index (χ4n) is 1.58. The van der Waals surface area contributed by atoms with Crippen LogP contribution in [0.3, 0.4) is 0 Å². The summed E-state index contributed by atoms with van der Waals surface area (Å²) >= 11 is 9.42. The number of rotatable bonds is 4. The average Bonchev–Trinajstić information content (AvgIpc) is 2.84. The Morgan fingerprint density at radius 3 is 2.50 bits per heavy atom. The number of hydrogen-bond donors (Lipinski definition) is 1. The molecule has 16 heavy (non-hydrogen) atoms. The molecule has 2 rings (SSSR count). The van der Waals surface area contributed by atoms with Gasteiger partial charge in [0.05, 0.1) is 10.4 Å². The lowest BCUT2D eigenvalue weighted by Gasteiger charge is -2.18. The molecule has 0 fully saturated rings. The van der Waals surface area contributed by atoms with Gasteiger partial charge in [0.1, 0.15) is 0 Å². The van der Waals surface area contributed by atoms with E-state index < -0.39 is 0 Å². The average molecular weight is 272 g/mol. The highest BCUT2D eigenvalue weighted by Gasteiger charge is 2.17. The van der Waals surface area contributed by atoms with Crippen molar-refractivity contribution < 1.29 is 0 Å². The second-order valence-electron chi connectivity index (χ2n) is 3.91. The largest absolute Gasteiger partial charge is 0.303 e. The van der Waals surface area contributed by atoms with Crippen LogP contribution >= 0.6 is 34.3 Å². The van der Waals surface area contributed by atoms with Gasteiger partial charge in [-0.25, -0.2) is 0 Å². The number of nitrogens with one attached hydrogen (secondary N) is 1. The minimum Gasteiger partial charge on any atom is -0.303 e. The monoisotopic (exact) mass is 271 g/mol. The van der Waals surface area contributed by atoms with Gasteiger partial charge < -0.3 is 5.32 Å². The minimum absolute atomic E-state index is 0.275. The topological polar surface area (TPSA) is 12.0 Å². The summed E-state index contributed by atoms with van der Waals surface area (Å²) in [5, 5.41) is 5.68. The van der Waals surface area contributed by atoms with Gasteiger partial charge >= 0.3 is 0 Å². The Morgan fingerprint density at radius 1 is 1.19 bits per heavy atom. The maximum Gasteiger partial charge on any atom is 0.0931 e. The summed E-state index contributed by atoms with van der Waals surface area (Å²) in [6.45, 7) is 4.33. The first kappa shape index (κ1) is 12.1. The molecule has 0 radical (unpaired) electrons. The quantitative estimate of drug-likeness (QED) is 0.860. The lowest BCUT2D eigenvalue weighted by Crippen LogP contribution is -2.27. The van der Waals surface area contributed by atoms with Crippen LogP contribution in [0, 0.1) is 0 Å². The van der Waals surface area contributed by atoms with E-state index in [1.165, 1.54) is 9.75 Å². The van der Waals surface area contributed by atoms with Crippen molar-refractivity contribution >= 4 is 34.3 Å². The van der Waals surface area contributed by atoms with Gasteiger partial charge in [0, 0.05) is 15.8 Å². The molecule has 0 amide bonds. The van der Waals surface area contributed by atoms with Crippen molar-refractivity contribution in [2.45, 2.75) is 25.9 Å². The predicted octanol–water partition coefficient (Wildman–Crippen LogP) is 4.55. The van der Waals surface area contributed by atoms with Crippen LogP contribution in [-0.2, 0) is 0 Å². The fraction of sp³-hybridized carbons (Fsp3) is 0.333. The molecule has 0 aromatic carbocycles. The molecule has 2 aromatic rings. The van der Waals surface area contributed by atoms with Crippen molar-refractivity contribution in [1.29, 1.82) is 0 Å². The summed E-state index contributed by atoms with van der Waals surface area (Å²) in [7, 11) is 0. The zero-order valence-electron chi connectivity index (χ0n) is 9.24. The third kappa shape index (κ3) is 2.86. The van der Waals surface area contributed by atoms with Crippen LogP contribution in [0.4, 0.5) is 0 Å². The first-order chi connectivity index (χ1) is 7.66. The standard InChI is InChI=1S/C12H14ClNS2/c1-8(2)14-12(9-4-3-7-15-9)10-5-6-11(13)16-10/h3-8,12,14H,1-2H3. The van der Waals surface area contributed by atoms with E-state index in [0.717, 1.165) is 4.34 Å².